The summed E-state index contributed by atoms with van der Waals surface area (Å²) in [6.45, 7) is 1.27. The number of hydrogen-bond acceptors (Lipinski definition) is 2. The van der Waals surface area contributed by atoms with E-state index in [0.717, 1.165) is 6.07 Å². The van der Waals surface area contributed by atoms with Gasteiger partial charge in [0.15, 0.2) is 5.96 Å². The van der Waals surface area contributed by atoms with E-state index in [1.807, 2.05) is 0 Å². The molecule has 1 aromatic carbocycles. The smallest absolute Gasteiger partial charge is 0.416 e. The van der Waals surface area contributed by atoms with E-state index in [-0.39, 0.29) is 47.8 Å². The van der Waals surface area contributed by atoms with Crippen LogP contribution in [0.4, 0.5) is 26.3 Å². The predicted molar refractivity (Wildman–Crippen MR) is 96.9 cm³/mol. The Bertz CT molecular complexity index is 590. The minimum Gasteiger partial charge on any atom is -0.497 e. The number of aliphatic imine (C=N–C) groups is 1. The molecule has 11 heteroatoms. The molecular formula is C15H20F6IN3O. The number of guanidine groups is 1. The van der Waals surface area contributed by atoms with Crippen LogP contribution in [0.5, 0.6) is 5.75 Å². The molecule has 2 N–H and O–H groups in total. The third kappa shape index (κ3) is 8.81. The lowest BCUT2D eigenvalue weighted by molar-refractivity contribution is -0.138. The zero-order valence-electron chi connectivity index (χ0n) is 14.1. The van der Waals surface area contributed by atoms with Gasteiger partial charge in [0.05, 0.1) is 25.6 Å². The van der Waals surface area contributed by atoms with E-state index in [1.54, 1.807) is 6.92 Å². The minimum absolute atomic E-state index is 0. The molecule has 0 aliphatic rings. The molecule has 4 nitrogen and oxygen atoms in total. The number of rotatable bonds is 6. The number of halogens is 7. The fourth-order valence-electron chi connectivity index (χ4n) is 1.91. The van der Waals surface area contributed by atoms with Gasteiger partial charge < -0.3 is 15.4 Å². The molecule has 0 atom stereocenters. The number of alkyl halides is 6. The second-order valence-electron chi connectivity index (χ2n) is 5.01. The molecule has 0 spiro atoms. The monoisotopic (exact) mass is 499 g/mol. The second-order valence-corrected chi connectivity index (χ2v) is 5.01. The van der Waals surface area contributed by atoms with Gasteiger partial charge in [0.2, 0.25) is 0 Å². The molecule has 1 aromatic rings. The Morgan fingerprint density at radius 3 is 2.27 bits per heavy atom. The second kappa shape index (κ2) is 10.7. The first-order valence-corrected chi connectivity index (χ1v) is 7.40. The van der Waals surface area contributed by atoms with Gasteiger partial charge in [-0.05, 0) is 24.6 Å². The van der Waals surface area contributed by atoms with Gasteiger partial charge in [-0.15, -0.1) is 24.0 Å². The summed E-state index contributed by atoms with van der Waals surface area (Å²) in [6.07, 6.45) is -10.0. The molecule has 0 bridgehead atoms. The number of ether oxygens (including phenoxy) is 1. The van der Waals surface area contributed by atoms with Crippen LogP contribution in [0, 0.1) is 0 Å². The minimum atomic E-state index is -4.60. The summed E-state index contributed by atoms with van der Waals surface area (Å²) in [4.78, 5) is 3.92. The van der Waals surface area contributed by atoms with Crippen LogP contribution in [-0.2, 0) is 12.7 Å². The van der Waals surface area contributed by atoms with Crippen LogP contribution in [0.2, 0.25) is 0 Å². The van der Waals surface area contributed by atoms with Crippen molar-refractivity contribution in [1.29, 1.82) is 0 Å². The van der Waals surface area contributed by atoms with Gasteiger partial charge in [0.1, 0.15) is 5.75 Å². The van der Waals surface area contributed by atoms with E-state index in [4.69, 9.17) is 4.74 Å². The Kier molecular flexibility index (Phi) is 10.1. The third-order valence-electron chi connectivity index (χ3n) is 3.08. The van der Waals surface area contributed by atoms with Crippen molar-refractivity contribution in [2.24, 2.45) is 4.99 Å². The largest absolute Gasteiger partial charge is 0.497 e. The molecular weight excluding hydrogens is 479 g/mol. The SMILES string of the molecule is CCNC(=NCc1ccc(OC)cc1C(F)(F)F)NCCC(F)(F)F.I. The lowest BCUT2D eigenvalue weighted by atomic mass is 10.1. The molecule has 0 heterocycles. The van der Waals surface area contributed by atoms with Gasteiger partial charge in [0.25, 0.3) is 0 Å². The first kappa shape index (κ1) is 24.6. The highest BCUT2D eigenvalue weighted by molar-refractivity contribution is 14.0. The van der Waals surface area contributed by atoms with Gasteiger partial charge in [0, 0.05) is 13.1 Å². The van der Waals surface area contributed by atoms with Crippen molar-refractivity contribution in [3.8, 4) is 5.75 Å². The zero-order valence-corrected chi connectivity index (χ0v) is 16.4. The summed E-state index contributed by atoms with van der Waals surface area (Å²) < 4.78 is 80.6. The normalized spacial score (nSPS) is 12.4. The van der Waals surface area contributed by atoms with E-state index in [1.165, 1.54) is 19.2 Å². The van der Waals surface area contributed by atoms with Crippen molar-refractivity contribution in [2.75, 3.05) is 20.2 Å². The van der Waals surface area contributed by atoms with Gasteiger partial charge in [-0.25, -0.2) is 4.99 Å². The molecule has 0 saturated carbocycles. The molecule has 0 saturated heterocycles. The lowest BCUT2D eigenvalue weighted by Crippen LogP contribution is -2.38. The Hall–Kier alpha value is -1.40. The van der Waals surface area contributed by atoms with Crippen molar-refractivity contribution >= 4 is 29.9 Å². The number of nitrogens with one attached hydrogen (secondary N) is 2. The topological polar surface area (TPSA) is 45.7 Å². The van der Waals surface area contributed by atoms with E-state index in [9.17, 15) is 26.3 Å². The summed E-state index contributed by atoms with van der Waals surface area (Å²) in [6, 6.07) is 3.45. The van der Waals surface area contributed by atoms with Crippen LogP contribution in [0.25, 0.3) is 0 Å². The number of benzene rings is 1. The molecule has 1 rings (SSSR count). The van der Waals surface area contributed by atoms with Gasteiger partial charge in [-0.3, -0.25) is 0 Å². The average molecular weight is 499 g/mol. The fraction of sp³-hybridized carbons (Fsp3) is 0.533. The summed E-state index contributed by atoms with van der Waals surface area (Å²) in [7, 11) is 1.25. The molecule has 0 unspecified atom stereocenters. The summed E-state index contributed by atoms with van der Waals surface area (Å²) >= 11 is 0. The Labute approximate surface area is 164 Å². The molecule has 150 valence electrons. The standard InChI is InChI=1S/C15H19F6N3O.HI/c1-3-22-13(23-7-6-14(16,17)18)24-9-10-4-5-11(25-2)8-12(10)15(19,20)21;/h4-5,8H,3,6-7,9H2,1-2H3,(H2,22,23,24);1H. The Balaban J connectivity index is 0.00000625. The summed E-state index contributed by atoms with van der Waals surface area (Å²) in [5.41, 5.74) is -1.01. The van der Waals surface area contributed by atoms with Crippen molar-refractivity contribution in [2.45, 2.75) is 32.2 Å². The molecule has 0 radical (unpaired) electrons. The maximum Gasteiger partial charge on any atom is 0.416 e. The molecule has 26 heavy (non-hydrogen) atoms. The number of methoxy groups -OCH3 is 1. The van der Waals surface area contributed by atoms with E-state index in [2.05, 4.69) is 15.6 Å². The third-order valence-corrected chi connectivity index (χ3v) is 3.08. The van der Waals surface area contributed by atoms with Crippen LogP contribution in [0.3, 0.4) is 0 Å². The van der Waals surface area contributed by atoms with E-state index in [0.29, 0.717) is 6.54 Å². The van der Waals surface area contributed by atoms with Gasteiger partial charge >= 0.3 is 12.4 Å². The maximum atomic E-state index is 13.1. The van der Waals surface area contributed by atoms with E-state index >= 15 is 0 Å². The molecule has 0 fully saturated rings. The number of hydrogen-bond donors (Lipinski definition) is 2. The van der Waals surface area contributed by atoms with Crippen molar-refractivity contribution < 1.29 is 31.1 Å². The lowest BCUT2D eigenvalue weighted by Gasteiger charge is -2.15. The zero-order chi connectivity index (χ0) is 19.1. The van der Waals surface area contributed by atoms with Gasteiger partial charge in [-0.2, -0.15) is 26.3 Å². The number of nitrogens with zero attached hydrogens (tertiary/aromatic N) is 1. The fourth-order valence-corrected chi connectivity index (χ4v) is 1.91. The van der Waals surface area contributed by atoms with E-state index < -0.39 is 30.9 Å². The Morgan fingerprint density at radius 2 is 1.77 bits per heavy atom. The first-order valence-electron chi connectivity index (χ1n) is 7.40. The summed E-state index contributed by atoms with van der Waals surface area (Å²) in [5.74, 6) is 0.0611. The van der Waals surface area contributed by atoms with Crippen LogP contribution < -0.4 is 15.4 Å². The highest BCUT2D eigenvalue weighted by Crippen LogP contribution is 2.34. The average Bonchev–Trinajstić information content (AvgIpc) is 2.50. The highest BCUT2D eigenvalue weighted by atomic mass is 127. The molecule has 0 amide bonds. The predicted octanol–water partition coefficient (Wildman–Crippen LogP) is 4.34. The van der Waals surface area contributed by atoms with Crippen molar-refractivity contribution in [3.05, 3.63) is 29.3 Å². The van der Waals surface area contributed by atoms with Crippen LogP contribution in [0.1, 0.15) is 24.5 Å². The van der Waals surface area contributed by atoms with Crippen LogP contribution in [-0.4, -0.2) is 32.3 Å². The van der Waals surface area contributed by atoms with Crippen molar-refractivity contribution in [1.82, 2.24) is 10.6 Å². The molecule has 0 aliphatic heterocycles. The van der Waals surface area contributed by atoms with Gasteiger partial charge in [-0.1, -0.05) is 6.07 Å². The molecule has 0 aromatic heterocycles. The highest BCUT2D eigenvalue weighted by Gasteiger charge is 2.33. The quantitative estimate of drug-likeness (QED) is 0.265. The maximum absolute atomic E-state index is 13.1. The summed E-state index contributed by atoms with van der Waals surface area (Å²) in [5, 5.41) is 5.13. The van der Waals surface area contributed by atoms with Crippen LogP contribution in [0.15, 0.2) is 23.2 Å². The van der Waals surface area contributed by atoms with Crippen molar-refractivity contribution in [3.63, 3.8) is 0 Å². The Morgan fingerprint density at radius 1 is 1.12 bits per heavy atom. The first-order chi connectivity index (χ1) is 11.6. The molecule has 0 aliphatic carbocycles. The van der Waals surface area contributed by atoms with Crippen LogP contribution >= 0.6 is 24.0 Å².